The van der Waals surface area contributed by atoms with Crippen LogP contribution in [0.3, 0.4) is 0 Å². The zero-order valence-corrected chi connectivity index (χ0v) is 20.0. The molecule has 3 heterocycles. The first-order valence-electron chi connectivity index (χ1n) is 10.4. The Bertz CT molecular complexity index is 1560. The topological polar surface area (TPSA) is 151 Å². The number of nitrogens with one attached hydrogen (secondary N) is 1. The molecule has 3 aromatic heterocycles. The third-order valence-corrected chi connectivity index (χ3v) is 6.34. The van der Waals surface area contributed by atoms with Crippen LogP contribution in [0.15, 0.2) is 40.8 Å². The molecule has 0 unspecified atom stereocenters. The Morgan fingerprint density at radius 2 is 1.92 bits per heavy atom. The monoisotopic (exact) mass is 534 g/mol. The third kappa shape index (κ3) is 5.23. The number of aryl methyl sites for hydroxylation is 2. The van der Waals surface area contributed by atoms with Crippen molar-refractivity contribution in [3.63, 3.8) is 0 Å². The number of alkyl halides is 3. The average Bonchev–Trinajstić information content (AvgIpc) is 3.42. The second kappa shape index (κ2) is 9.54. The number of nitrogens with two attached hydrogens (primary N) is 1. The molecule has 0 fully saturated rings. The molecular weight excluding hydrogens is 517 g/mol. The standard InChI is InChI=1S/C23H17F3N4O6S/c1-10-7-12(3-5-14(10)30(33)34)35-9-13-4-6-15(36-13)21(32)29-18-17-11(2)8-16(23(24,25)26)28-22(17)37-19(18)20(27)31/h3-8H,9H2,1-2H3,(H2,27,31)(H,29,32). The number of halogens is 3. The lowest BCUT2D eigenvalue weighted by Gasteiger charge is -2.09. The van der Waals surface area contributed by atoms with Crippen molar-refractivity contribution in [3.05, 3.63) is 79.7 Å². The first kappa shape index (κ1) is 25.6. The van der Waals surface area contributed by atoms with Crippen molar-refractivity contribution in [2.45, 2.75) is 26.6 Å². The van der Waals surface area contributed by atoms with Crippen molar-refractivity contribution in [3.8, 4) is 5.75 Å². The van der Waals surface area contributed by atoms with Crippen LogP contribution >= 0.6 is 11.3 Å². The van der Waals surface area contributed by atoms with Crippen LogP contribution in [0.1, 0.15) is 42.8 Å². The minimum Gasteiger partial charge on any atom is -0.486 e. The molecule has 14 heteroatoms. The minimum absolute atomic E-state index is 0.0549. The van der Waals surface area contributed by atoms with E-state index in [1.165, 1.54) is 37.3 Å². The predicted molar refractivity (Wildman–Crippen MR) is 127 cm³/mol. The number of nitro benzene ring substituents is 1. The molecule has 0 spiro atoms. The zero-order chi connectivity index (χ0) is 27.1. The number of hydrogen-bond acceptors (Lipinski definition) is 8. The highest BCUT2D eigenvalue weighted by atomic mass is 32.1. The summed E-state index contributed by atoms with van der Waals surface area (Å²) in [6, 6.07) is 7.85. The lowest BCUT2D eigenvalue weighted by Crippen LogP contribution is -2.16. The van der Waals surface area contributed by atoms with Gasteiger partial charge in [-0.25, -0.2) is 4.98 Å². The summed E-state index contributed by atoms with van der Waals surface area (Å²) in [6.07, 6.45) is -4.70. The van der Waals surface area contributed by atoms with Gasteiger partial charge in [0.15, 0.2) is 5.76 Å². The maximum atomic E-state index is 13.2. The second-order valence-corrected chi connectivity index (χ2v) is 8.89. The van der Waals surface area contributed by atoms with E-state index in [1.807, 2.05) is 0 Å². The van der Waals surface area contributed by atoms with Crippen LogP contribution in [0, 0.1) is 24.0 Å². The van der Waals surface area contributed by atoms with Gasteiger partial charge in [-0.05, 0) is 49.7 Å². The summed E-state index contributed by atoms with van der Waals surface area (Å²) < 4.78 is 50.6. The van der Waals surface area contributed by atoms with E-state index in [9.17, 15) is 32.9 Å². The van der Waals surface area contributed by atoms with Crippen LogP contribution in [0.4, 0.5) is 24.5 Å². The molecule has 0 aliphatic heterocycles. The van der Waals surface area contributed by atoms with Crippen LogP contribution in [0.5, 0.6) is 5.75 Å². The number of furan rings is 1. The van der Waals surface area contributed by atoms with Crippen molar-refractivity contribution < 1.29 is 36.8 Å². The Morgan fingerprint density at radius 3 is 2.54 bits per heavy atom. The van der Waals surface area contributed by atoms with Gasteiger partial charge in [0.1, 0.15) is 33.5 Å². The molecule has 0 saturated heterocycles. The maximum Gasteiger partial charge on any atom is 0.433 e. The van der Waals surface area contributed by atoms with Crippen LogP contribution < -0.4 is 15.8 Å². The van der Waals surface area contributed by atoms with Crippen LogP contribution in [-0.4, -0.2) is 21.7 Å². The third-order valence-electron chi connectivity index (χ3n) is 5.24. The molecule has 0 bridgehead atoms. The number of benzene rings is 1. The molecule has 10 nitrogen and oxygen atoms in total. The number of primary amides is 1. The van der Waals surface area contributed by atoms with Crippen molar-refractivity contribution in [1.29, 1.82) is 0 Å². The summed E-state index contributed by atoms with van der Waals surface area (Å²) >= 11 is 0.635. The number of nitrogens with zero attached hydrogens (tertiary/aromatic N) is 2. The van der Waals surface area contributed by atoms with Gasteiger partial charge in [0.2, 0.25) is 0 Å². The average molecular weight is 534 g/mol. The van der Waals surface area contributed by atoms with Gasteiger partial charge < -0.3 is 20.2 Å². The van der Waals surface area contributed by atoms with Crippen molar-refractivity contribution in [2.24, 2.45) is 5.73 Å². The van der Waals surface area contributed by atoms with Crippen molar-refractivity contribution >= 4 is 44.7 Å². The summed E-state index contributed by atoms with van der Waals surface area (Å²) in [5, 5.41) is 13.6. The zero-order valence-electron chi connectivity index (χ0n) is 19.1. The van der Waals surface area contributed by atoms with Crippen molar-refractivity contribution in [2.75, 3.05) is 5.32 Å². The number of rotatable bonds is 7. The van der Waals surface area contributed by atoms with Gasteiger partial charge in [0.05, 0.1) is 10.6 Å². The Balaban J connectivity index is 1.55. The molecule has 0 saturated carbocycles. The highest BCUT2D eigenvalue weighted by Gasteiger charge is 2.34. The number of carbonyl (C=O) groups excluding carboxylic acids is 2. The number of ether oxygens (including phenoxy) is 1. The molecule has 4 aromatic rings. The van der Waals surface area contributed by atoms with Gasteiger partial charge in [-0.1, -0.05) is 0 Å². The highest BCUT2D eigenvalue weighted by molar-refractivity contribution is 7.21. The number of nitro groups is 1. The fraction of sp³-hybridized carbons (Fsp3) is 0.174. The lowest BCUT2D eigenvalue weighted by molar-refractivity contribution is -0.385. The molecule has 1 aromatic carbocycles. The first-order chi connectivity index (χ1) is 17.3. The Hall–Kier alpha value is -4.46. The number of fused-ring (bicyclic) bond motifs is 1. The van der Waals surface area contributed by atoms with Crippen molar-refractivity contribution in [1.82, 2.24) is 4.98 Å². The number of amides is 2. The molecular formula is C23H17F3N4O6S. The lowest BCUT2D eigenvalue weighted by atomic mass is 10.1. The number of aromatic nitrogens is 1. The molecule has 0 radical (unpaired) electrons. The van der Waals surface area contributed by atoms with E-state index < -0.39 is 28.6 Å². The van der Waals surface area contributed by atoms with Gasteiger partial charge >= 0.3 is 6.18 Å². The molecule has 192 valence electrons. The van der Waals surface area contributed by atoms with Gasteiger partial charge in [0.25, 0.3) is 17.5 Å². The number of anilines is 1. The summed E-state index contributed by atoms with van der Waals surface area (Å²) in [6.45, 7) is 2.87. The molecule has 4 rings (SSSR count). The van der Waals surface area contributed by atoms with Crippen LogP contribution in [-0.2, 0) is 12.8 Å². The number of pyridine rings is 1. The number of carbonyl (C=O) groups is 2. The molecule has 0 atom stereocenters. The summed E-state index contributed by atoms with van der Waals surface area (Å²) in [5.41, 5.74) is 4.69. The second-order valence-electron chi connectivity index (χ2n) is 7.89. The number of hydrogen-bond donors (Lipinski definition) is 2. The van der Waals surface area contributed by atoms with E-state index >= 15 is 0 Å². The van der Waals surface area contributed by atoms with Gasteiger partial charge in [0, 0.05) is 17.0 Å². The quantitative estimate of drug-likeness (QED) is 0.239. The smallest absolute Gasteiger partial charge is 0.433 e. The van der Waals surface area contributed by atoms with Crippen LogP contribution in [0.25, 0.3) is 10.2 Å². The SMILES string of the molecule is Cc1cc(OCc2ccc(C(=O)Nc3c(C(N)=O)sc4nc(C(F)(F)F)cc(C)c34)o2)ccc1[N+](=O)[O-]. The molecule has 0 aliphatic rings. The van der Waals surface area contributed by atoms with E-state index in [0.717, 1.165) is 6.07 Å². The summed E-state index contributed by atoms with van der Waals surface area (Å²) in [7, 11) is 0. The van der Waals surface area contributed by atoms with E-state index in [-0.39, 0.29) is 50.2 Å². The van der Waals surface area contributed by atoms with Gasteiger partial charge in [-0.3, -0.25) is 19.7 Å². The van der Waals surface area contributed by atoms with Gasteiger partial charge in [-0.2, -0.15) is 13.2 Å². The normalized spacial score (nSPS) is 11.5. The maximum absolute atomic E-state index is 13.2. The highest BCUT2D eigenvalue weighted by Crippen LogP contribution is 2.40. The Morgan fingerprint density at radius 1 is 1.19 bits per heavy atom. The van der Waals surface area contributed by atoms with E-state index in [0.29, 0.717) is 22.6 Å². The fourth-order valence-corrected chi connectivity index (χ4v) is 4.61. The summed E-state index contributed by atoms with van der Waals surface area (Å²) in [5.74, 6) is -1.29. The summed E-state index contributed by atoms with van der Waals surface area (Å²) in [4.78, 5) is 38.5. The number of thiophene rings is 1. The largest absolute Gasteiger partial charge is 0.486 e. The van der Waals surface area contributed by atoms with E-state index in [2.05, 4.69) is 10.3 Å². The minimum atomic E-state index is -4.70. The first-order valence-corrected chi connectivity index (χ1v) is 11.3. The molecule has 37 heavy (non-hydrogen) atoms. The van der Waals surface area contributed by atoms with E-state index in [4.69, 9.17) is 14.9 Å². The fourth-order valence-electron chi connectivity index (χ4n) is 3.55. The Kier molecular flexibility index (Phi) is 6.61. The van der Waals surface area contributed by atoms with E-state index in [1.54, 1.807) is 6.92 Å². The van der Waals surface area contributed by atoms with Gasteiger partial charge in [-0.15, -0.1) is 11.3 Å². The Labute approximate surface area is 210 Å². The van der Waals surface area contributed by atoms with Crippen LogP contribution in [0.2, 0.25) is 0 Å². The molecule has 0 aliphatic carbocycles. The molecule has 2 amide bonds. The molecule has 3 N–H and O–H groups in total. The predicted octanol–water partition coefficient (Wildman–Crippen LogP) is 5.36.